The lowest BCUT2D eigenvalue weighted by Gasteiger charge is -1.99. The SMILES string of the molecule is CCOC(=O)Cc1sc(Sc2cccc(C(=O)O)n2)nc1C. The second-order valence-electron chi connectivity index (χ2n) is 4.24. The summed E-state index contributed by atoms with van der Waals surface area (Å²) in [5, 5.41) is 9.49. The minimum atomic E-state index is -1.07. The molecule has 6 nitrogen and oxygen atoms in total. The van der Waals surface area contributed by atoms with Crippen LogP contribution in [-0.2, 0) is 16.0 Å². The van der Waals surface area contributed by atoms with Crippen LogP contribution in [0.4, 0.5) is 0 Å². The van der Waals surface area contributed by atoms with Crippen molar-refractivity contribution in [2.45, 2.75) is 29.6 Å². The normalized spacial score (nSPS) is 10.5. The Hall–Kier alpha value is -1.93. The number of carbonyl (C=O) groups is 2. The molecule has 0 fully saturated rings. The maximum absolute atomic E-state index is 11.5. The number of thiazole rings is 1. The molecule has 0 saturated heterocycles. The Kier molecular flexibility index (Phi) is 5.51. The molecule has 0 spiro atoms. The fourth-order valence-corrected chi connectivity index (χ4v) is 3.79. The van der Waals surface area contributed by atoms with Crippen molar-refractivity contribution in [2.24, 2.45) is 0 Å². The summed E-state index contributed by atoms with van der Waals surface area (Å²) in [4.78, 5) is 31.7. The van der Waals surface area contributed by atoms with E-state index in [0.29, 0.717) is 16.0 Å². The topological polar surface area (TPSA) is 89.4 Å². The molecule has 22 heavy (non-hydrogen) atoms. The molecule has 0 aliphatic carbocycles. The van der Waals surface area contributed by atoms with Crippen LogP contribution in [0.25, 0.3) is 0 Å². The van der Waals surface area contributed by atoms with E-state index in [1.54, 1.807) is 19.1 Å². The molecule has 1 N–H and O–H groups in total. The summed E-state index contributed by atoms with van der Waals surface area (Å²) in [5.41, 5.74) is 0.764. The second-order valence-corrected chi connectivity index (χ2v) is 6.59. The molecule has 8 heteroatoms. The lowest BCUT2D eigenvalue weighted by Crippen LogP contribution is -2.07. The van der Waals surface area contributed by atoms with Crippen molar-refractivity contribution in [3.05, 3.63) is 34.5 Å². The van der Waals surface area contributed by atoms with E-state index in [4.69, 9.17) is 9.84 Å². The lowest BCUT2D eigenvalue weighted by atomic mass is 10.3. The van der Waals surface area contributed by atoms with Gasteiger partial charge in [0.15, 0.2) is 4.34 Å². The molecular weight excluding hydrogens is 324 g/mol. The number of rotatable bonds is 6. The molecule has 0 amide bonds. The van der Waals surface area contributed by atoms with Crippen molar-refractivity contribution in [2.75, 3.05) is 6.61 Å². The first-order valence-corrected chi connectivity index (χ1v) is 8.13. The van der Waals surface area contributed by atoms with E-state index in [2.05, 4.69) is 9.97 Å². The Bertz CT molecular complexity index is 700. The van der Waals surface area contributed by atoms with Gasteiger partial charge < -0.3 is 9.84 Å². The number of hydrogen-bond acceptors (Lipinski definition) is 7. The van der Waals surface area contributed by atoms with Crippen molar-refractivity contribution in [1.29, 1.82) is 0 Å². The molecule has 0 bridgehead atoms. The molecule has 0 aliphatic heterocycles. The van der Waals surface area contributed by atoms with E-state index in [-0.39, 0.29) is 18.1 Å². The van der Waals surface area contributed by atoms with Crippen molar-refractivity contribution < 1.29 is 19.4 Å². The molecule has 2 heterocycles. The van der Waals surface area contributed by atoms with E-state index in [1.165, 1.54) is 29.2 Å². The van der Waals surface area contributed by atoms with Crippen LogP contribution in [0, 0.1) is 6.92 Å². The molecule has 116 valence electrons. The van der Waals surface area contributed by atoms with Crippen LogP contribution >= 0.6 is 23.1 Å². The van der Waals surface area contributed by atoms with Gasteiger partial charge in [0.25, 0.3) is 0 Å². The fraction of sp³-hybridized carbons (Fsp3) is 0.286. The second kappa shape index (κ2) is 7.37. The highest BCUT2D eigenvalue weighted by Gasteiger charge is 2.14. The molecule has 2 aromatic rings. The highest BCUT2D eigenvalue weighted by molar-refractivity contribution is 8.01. The maximum Gasteiger partial charge on any atom is 0.354 e. The van der Waals surface area contributed by atoms with Crippen molar-refractivity contribution in [3.63, 3.8) is 0 Å². The van der Waals surface area contributed by atoms with E-state index < -0.39 is 5.97 Å². The van der Waals surface area contributed by atoms with Crippen LogP contribution in [-0.4, -0.2) is 33.6 Å². The molecule has 0 unspecified atom stereocenters. The number of aryl methyl sites for hydroxylation is 1. The number of aromatic carboxylic acids is 1. The predicted octanol–water partition coefficient (Wildman–Crippen LogP) is 2.80. The van der Waals surface area contributed by atoms with Gasteiger partial charge in [-0.3, -0.25) is 4.79 Å². The van der Waals surface area contributed by atoms with Crippen molar-refractivity contribution >= 4 is 35.0 Å². The van der Waals surface area contributed by atoms with Crippen LogP contribution in [0.1, 0.15) is 28.0 Å². The van der Waals surface area contributed by atoms with E-state index >= 15 is 0 Å². The molecule has 0 radical (unpaired) electrons. The zero-order chi connectivity index (χ0) is 16.1. The van der Waals surface area contributed by atoms with Crippen LogP contribution in [0.3, 0.4) is 0 Å². The summed E-state index contributed by atoms with van der Waals surface area (Å²) >= 11 is 2.66. The van der Waals surface area contributed by atoms with Crippen molar-refractivity contribution in [3.8, 4) is 0 Å². The number of nitrogens with zero attached hydrogens (tertiary/aromatic N) is 2. The zero-order valence-electron chi connectivity index (χ0n) is 12.0. The van der Waals surface area contributed by atoms with E-state index in [0.717, 1.165) is 10.6 Å². The number of hydrogen-bond donors (Lipinski definition) is 1. The average molecular weight is 338 g/mol. The quantitative estimate of drug-likeness (QED) is 0.810. The number of carboxylic acids is 1. The summed E-state index contributed by atoms with van der Waals surface area (Å²) in [6, 6.07) is 4.79. The number of aromatic nitrogens is 2. The predicted molar refractivity (Wildman–Crippen MR) is 82.5 cm³/mol. The first kappa shape index (κ1) is 16.4. The summed E-state index contributed by atoms with van der Waals surface area (Å²) in [5.74, 6) is -1.35. The van der Waals surface area contributed by atoms with Gasteiger partial charge in [0, 0.05) is 4.88 Å². The summed E-state index contributed by atoms with van der Waals surface area (Å²) in [6.45, 7) is 3.94. The number of carboxylic acid groups (broad SMARTS) is 1. The van der Waals surface area contributed by atoms with E-state index in [1.807, 2.05) is 6.92 Å². The molecule has 0 aliphatic rings. The third-order valence-electron chi connectivity index (χ3n) is 2.62. The highest BCUT2D eigenvalue weighted by atomic mass is 32.2. The third-order valence-corrected chi connectivity index (χ3v) is 4.77. The van der Waals surface area contributed by atoms with Gasteiger partial charge in [-0.15, -0.1) is 11.3 Å². The number of esters is 1. The molecule has 0 aromatic carbocycles. The Labute approximate surface area is 135 Å². The minimum absolute atomic E-state index is 0.00924. The van der Waals surface area contributed by atoms with Gasteiger partial charge in [0.1, 0.15) is 10.7 Å². The number of carbonyl (C=O) groups excluding carboxylic acids is 1. The van der Waals surface area contributed by atoms with Gasteiger partial charge in [-0.2, -0.15) is 0 Å². The first-order chi connectivity index (χ1) is 10.5. The molecule has 0 atom stereocenters. The van der Waals surface area contributed by atoms with Gasteiger partial charge in [0.05, 0.1) is 18.7 Å². The summed E-state index contributed by atoms with van der Waals surface area (Å²) < 4.78 is 5.64. The Morgan fingerprint density at radius 3 is 2.82 bits per heavy atom. The van der Waals surface area contributed by atoms with Crippen molar-refractivity contribution in [1.82, 2.24) is 9.97 Å². The van der Waals surface area contributed by atoms with Crippen LogP contribution in [0.5, 0.6) is 0 Å². The van der Waals surface area contributed by atoms with Crippen LogP contribution in [0.2, 0.25) is 0 Å². The minimum Gasteiger partial charge on any atom is -0.477 e. The number of pyridine rings is 1. The molecule has 2 rings (SSSR count). The summed E-state index contributed by atoms with van der Waals surface area (Å²) in [7, 11) is 0. The van der Waals surface area contributed by atoms with Crippen LogP contribution in [0.15, 0.2) is 27.6 Å². The van der Waals surface area contributed by atoms with Gasteiger partial charge in [-0.1, -0.05) is 6.07 Å². The monoisotopic (exact) mass is 338 g/mol. The average Bonchev–Trinajstić information content (AvgIpc) is 2.79. The molecule has 2 aromatic heterocycles. The van der Waals surface area contributed by atoms with Gasteiger partial charge >= 0.3 is 11.9 Å². The fourth-order valence-electron chi connectivity index (χ4n) is 1.63. The molecule has 0 saturated carbocycles. The van der Waals surface area contributed by atoms with Gasteiger partial charge in [0.2, 0.25) is 0 Å². The van der Waals surface area contributed by atoms with Gasteiger partial charge in [-0.25, -0.2) is 14.8 Å². The Morgan fingerprint density at radius 2 is 2.14 bits per heavy atom. The highest BCUT2D eigenvalue weighted by Crippen LogP contribution is 2.32. The van der Waals surface area contributed by atoms with Gasteiger partial charge in [-0.05, 0) is 37.7 Å². The first-order valence-electron chi connectivity index (χ1n) is 6.49. The number of ether oxygens (including phenoxy) is 1. The Morgan fingerprint density at radius 1 is 1.36 bits per heavy atom. The Balaban J connectivity index is 2.12. The largest absolute Gasteiger partial charge is 0.477 e. The molecular formula is C14H14N2O4S2. The van der Waals surface area contributed by atoms with E-state index in [9.17, 15) is 9.59 Å². The zero-order valence-corrected chi connectivity index (χ0v) is 13.7. The lowest BCUT2D eigenvalue weighted by molar-refractivity contribution is -0.142. The third kappa shape index (κ3) is 4.28. The maximum atomic E-state index is 11.5. The summed E-state index contributed by atoms with van der Waals surface area (Å²) in [6.07, 6.45) is 0.195. The van der Waals surface area contributed by atoms with Crippen LogP contribution < -0.4 is 0 Å². The standard InChI is InChI=1S/C14H14N2O4S2/c1-3-20-12(17)7-10-8(2)15-14(21-10)22-11-6-4-5-9(16-11)13(18)19/h4-6H,3,7H2,1-2H3,(H,18,19). The smallest absolute Gasteiger partial charge is 0.354 e.